The van der Waals surface area contributed by atoms with Crippen molar-refractivity contribution in [1.82, 2.24) is 4.90 Å². The van der Waals surface area contributed by atoms with Crippen LogP contribution >= 0.6 is 0 Å². The van der Waals surface area contributed by atoms with Crippen molar-refractivity contribution < 1.29 is 18.6 Å². The molecule has 104 valence electrons. The topological polar surface area (TPSA) is 83.9 Å². The van der Waals surface area contributed by atoms with Crippen LogP contribution in [0.2, 0.25) is 0 Å². The second-order valence-corrected chi connectivity index (χ2v) is 7.43. The lowest BCUT2D eigenvalue weighted by molar-refractivity contribution is -0.121. The van der Waals surface area contributed by atoms with Gasteiger partial charge in [-0.05, 0) is 18.6 Å². The summed E-state index contributed by atoms with van der Waals surface area (Å²) in [6.07, 6.45) is 1.60. The zero-order valence-electron chi connectivity index (χ0n) is 10.7. The molecule has 0 aromatic heterocycles. The van der Waals surface area contributed by atoms with Crippen molar-refractivity contribution in [1.29, 1.82) is 0 Å². The number of rotatable bonds is 1. The second-order valence-electron chi connectivity index (χ2n) is 4.92. The van der Waals surface area contributed by atoms with Gasteiger partial charge in [-0.25, -0.2) is 4.21 Å². The van der Waals surface area contributed by atoms with Gasteiger partial charge < -0.3 is 0 Å². The van der Waals surface area contributed by atoms with E-state index in [1.165, 1.54) is 6.26 Å². The number of hydrogen-bond acceptors (Lipinski definition) is 4. The number of nitrogens with zero attached hydrogens (tertiary/aromatic N) is 2. The average Bonchev–Trinajstić information content (AvgIpc) is 2.63. The lowest BCUT2D eigenvalue weighted by atomic mass is 10.1. The predicted molar refractivity (Wildman–Crippen MR) is 71.7 cm³/mol. The summed E-state index contributed by atoms with van der Waals surface area (Å²) < 4.78 is 15.4. The van der Waals surface area contributed by atoms with E-state index in [2.05, 4.69) is 4.36 Å². The average molecular weight is 292 g/mol. The third kappa shape index (κ3) is 1.85. The number of fused-ring (bicyclic) bond motifs is 1. The molecule has 0 radical (unpaired) electrons. The van der Waals surface area contributed by atoms with Crippen molar-refractivity contribution in [2.45, 2.75) is 12.5 Å². The minimum atomic E-state index is -2.52. The number of imide groups is 1. The molecule has 1 aromatic carbocycles. The standard InChI is InChI=1S/C13H12N2O4S/c1-20(19)7-6-10(11(16)14-20)15-12(17)8-4-2-3-5-9(8)13(15)18/h2-5,10H,6-7H2,1H3/t10-,20-/m0/s1. The molecule has 2 aliphatic heterocycles. The van der Waals surface area contributed by atoms with Gasteiger partial charge in [0.2, 0.25) is 0 Å². The Morgan fingerprint density at radius 1 is 1.15 bits per heavy atom. The highest BCUT2D eigenvalue weighted by molar-refractivity contribution is 7.93. The first kappa shape index (κ1) is 13.0. The Morgan fingerprint density at radius 2 is 1.70 bits per heavy atom. The van der Waals surface area contributed by atoms with E-state index in [4.69, 9.17) is 0 Å². The molecule has 0 saturated heterocycles. The van der Waals surface area contributed by atoms with Gasteiger partial charge in [-0.15, -0.1) is 0 Å². The van der Waals surface area contributed by atoms with E-state index < -0.39 is 33.5 Å². The van der Waals surface area contributed by atoms with Crippen molar-refractivity contribution in [3.05, 3.63) is 35.4 Å². The zero-order chi connectivity index (χ0) is 14.5. The lowest BCUT2D eigenvalue weighted by Gasteiger charge is -2.26. The molecule has 0 saturated carbocycles. The number of hydrogen-bond donors (Lipinski definition) is 0. The van der Waals surface area contributed by atoms with Gasteiger partial charge >= 0.3 is 0 Å². The van der Waals surface area contributed by atoms with Crippen LogP contribution < -0.4 is 0 Å². The molecule has 3 amide bonds. The first-order chi connectivity index (χ1) is 9.41. The number of amides is 3. The monoisotopic (exact) mass is 292 g/mol. The van der Waals surface area contributed by atoms with E-state index >= 15 is 0 Å². The molecule has 2 heterocycles. The van der Waals surface area contributed by atoms with E-state index in [0.717, 1.165) is 4.90 Å². The highest BCUT2D eigenvalue weighted by Crippen LogP contribution is 2.27. The molecule has 2 aliphatic rings. The molecule has 2 atom stereocenters. The molecular formula is C13H12N2O4S. The van der Waals surface area contributed by atoms with E-state index in [1.54, 1.807) is 24.3 Å². The summed E-state index contributed by atoms with van der Waals surface area (Å²) in [5, 5.41) is 0. The van der Waals surface area contributed by atoms with Crippen molar-refractivity contribution in [2.24, 2.45) is 4.36 Å². The van der Waals surface area contributed by atoms with Gasteiger partial charge in [0.05, 0.1) is 20.9 Å². The van der Waals surface area contributed by atoms with Crippen LogP contribution in [0.4, 0.5) is 0 Å². The Morgan fingerprint density at radius 3 is 2.20 bits per heavy atom. The fourth-order valence-corrected chi connectivity index (χ4v) is 3.74. The number of benzene rings is 1. The van der Waals surface area contributed by atoms with Gasteiger partial charge in [0, 0.05) is 12.0 Å². The van der Waals surface area contributed by atoms with Crippen LogP contribution in [0.5, 0.6) is 0 Å². The quantitative estimate of drug-likeness (QED) is 0.712. The SMILES string of the molecule is C[S@@]1(=O)=NC(=O)[C@@H](N2C(=O)c3ccccc3C2=O)CC1. The molecular weight excluding hydrogens is 280 g/mol. The molecule has 1 aromatic rings. The number of carbonyl (C=O) groups is 3. The van der Waals surface area contributed by atoms with Gasteiger partial charge in [-0.1, -0.05) is 12.1 Å². The largest absolute Gasteiger partial charge is 0.277 e. The van der Waals surface area contributed by atoms with Crippen LogP contribution in [0, 0.1) is 0 Å². The molecule has 0 fully saturated rings. The minimum Gasteiger partial charge on any atom is -0.270 e. The summed E-state index contributed by atoms with van der Waals surface area (Å²) in [6.45, 7) is 0. The Kier molecular flexibility index (Phi) is 2.75. The first-order valence-electron chi connectivity index (χ1n) is 6.11. The molecule has 7 heteroatoms. The summed E-state index contributed by atoms with van der Waals surface area (Å²) in [5.41, 5.74) is 0.598. The summed E-state index contributed by atoms with van der Waals surface area (Å²) in [6, 6.07) is 5.52. The van der Waals surface area contributed by atoms with E-state index in [9.17, 15) is 18.6 Å². The van der Waals surface area contributed by atoms with E-state index in [1.807, 2.05) is 0 Å². The Hall–Kier alpha value is -2.02. The normalized spacial score (nSPS) is 29.4. The van der Waals surface area contributed by atoms with Crippen LogP contribution in [0.3, 0.4) is 0 Å². The third-order valence-corrected chi connectivity index (χ3v) is 5.03. The fourth-order valence-electron chi connectivity index (χ4n) is 2.48. The molecule has 0 spiro atoms. The van der Waals surface area contributed by atoms with E-state index in [-0.39, 0.29) is 12.2 Å². The fraction of sp³-hybridized carbons (Fsp3) is 0.308. The van der Waals surface area contributed by atoms with Crippen molar-refractivity contribution >= 4 is 27.5 Å². The third-order valence-electron chi connectivity index (χ3n) is 3.48. The summed E-state index contributed by atoms with van der Waals surface area (Å²) in [7, 11) is -2.52. The second kappa shape index (κ2) is 4.24. The lowest BCUT2D eigenvalue weighted by Crippen LogP contribution is -2.47. The van der Waals surface area contributed by atoms with Gasteiger partial charge in [0.15, 0.2) is 0 Å². The molecule has 0 bridgehead atoms. The van der Waals surface area contributed by atoms with Crippen LogP contribution in [0.1, 0.15) is 27.1 Å². The minimum absolute atomic E-state index is 0.198. The summed E-state index contributed by atoms with van der Waals surface area (Å²) in [5.74, 6) is -1.41. The Bertz CT molecular complexity index is 726. The Labute approximate surface area is 115 Å². The van der Waals surface area contributed by atoms with Gasteiger partial charge in [-0.2, -0.15) is 4.36 Å². The molecule has 0 aliphatic carbocycles. The maximum absolute atomic E-state index is 12.3. The first-order valence-corrected chi connectivity index (χ1v) is 8.20. The highest BCUT2D eigenvalue weighted by atomic mass is 32.2. The van der Waals surface area contributed by atoms with Crippen LogP contribution in [-0.2, 0) is 14.5 Å². The van der Waals surface area contributed by atoms with Crippen LogP contribution in [0.15, 0.2) is 28.6 Å². The van der Waals surface area contributed by atoms with Gasteiger partial charge in [-0.3, -0.25) is 19.3 Å². The smallest absolute Gasteiger partial charge is 0.270 e. The van der Waals surface area contributed by atoms with Crippen LogP contribution in [-0.4, -0.2) is 44.9 Å². The van der Waals surface area contributed by atoms with Crippen molar-refractivity contribution in [3.63, 3.8) is 0 Å². The zero-order valence-corrected chi connectivity index (χ0v) is 11.6. The predicted octanol–water partition coefficient (Wildman–Crippen LogP) is 0.679. The van der Waals surface area contributed by atoms with Crippen molar-refractivity contribution in [2.75, 3.05) is 12.0 Å². The molecule has 0 N–H and O–H groups in total. The molecule has 6 nitrogen and oxygen atoms in total. The van der Waals surface area contributed by atoms with Gasteiger partial charge in [0.1, 0.15) is 6.04 Å². The summed E-state index contributed by atoms with van der Waals surface area (Å²) in [4.78, 5) is 37.4. The van der Waals surface area contributed by atoms with Gasteiger partial charge in [0.25, 0.3) is 17.7 Å². The maximum Gasteiger partial charge on any atom is 0.277 e. The van der Waals surface area contributed by atoms with E-state index in [0.29, 0.717) is 11.1 Å². The molecule has 20 heavy (non-hydrogen) atoms. The Balaban J connectivity index is 2.01. The molecule has 0 unspecified atom stereocenters. The molecule has 3 rings (SSSR count). The van der Waals surface area contributed by atoms with Crippen molar-refractivity contribution in [3.8, 4) is 0 Å². The summed E-state index contributed by atoms with van der Waals surface area (Å²) >= 11 is 0. The highest BCUT2D eigenvalue weighted by Gasteiger charge is 2.44. The number of carbonyl (C=O) groups excluding carboxylic acids is 3. The van der Waals surface area contributed by atoms with Crippen LogP contribution in [0.25, 0.3) is 0 Å². The maximum atomic E-state index is 12.3.